The molecule has 0 aliphatic rings. The van der Waals surface area contributed by atoms with Crippen LogP contribution in [-0.2, 0) is 0 Å². The molecule has 0 fully saturated rings. The number of nitrogens with one attached hydrogen (secondary N) is 1. The first-order chi connectivity index (χ1) is 12.0. The van der Waals surface area contributed by atoms with Crippen molar-refractivity contribution >= 4 is 16.9 Å². The van der Waals surface area contributed by atoms with Gasteiger partial charge in [0.05, 0.1) is 25.1 Å². The number of rotatable bonds is 4. The molecule has 3 rings (SSSR count). The Hall–Kier alpha value is -3.28. The van der Waals surface area contributed by atoms with Gasteiger partial charge in [0.2, 0.25) is 0 Å². The van der Waals surface area contributed by atoms with Crippen molar-refractivity contribution in [2.24, 2.45) is 0 Å². The molecule has 0 saturated heterocycles. The molecular weight excluding hydrogens is 322 g/mol. The third-order valence-corrected chi connectivity index (χ3v) is 4.17. The molecule has 128 valence electrons. The Morgan fingerprint density at radius 2 is 1.72 bits per heavy atom. The molecule has 0 bridgehead atoms. The van der Waals surface area contributed by atoms with E-state index in [0.717, 1.165) is 16.9 Å². The van der Waals surface area contributed by atoms with Gasteiger partial charge < -0.3 is 19.6 Å². The smallest absolute Gasteiger partial charge is 0.352 e. The molecule has 2 aromatic carbocycles. The first-order valence-corrected chi connectivity index (χ1v) is 7.58. The molecule has 0 atom stereocenters. The normalized spacial score (nSPS) is 10.7. The highest BCUT2D eigenvalue weighted by Crippen LogP contribution is 2.31. The minimum Gasteiger partial charge on any atom is -0.497 e. The second-order valence-corrected chi connectivity index (χ2v) is 5.59. The topological polar surface area (TPSA) is 88.6 Å². The molecule has 0 unspecified atom stereocenters. The summed E-state index contributed by atoms with van der Waals surface area (Å²) in [5, 5.41) is 9.65. The monoisotopic (exact) mass is 339 g/mol. The molecule has 0 aliphatic heterocycles. The maximum atomic E-state index is 12.6. The van der Waals surface area contributed by atoms with Crippen molar-refractivity contribution in [3.8, 4) is 22.6 Å². The number of methoxy groups -OCH3 is 2. The van der Waals surface area contributed by atoms with Gasteiger partial charge in [-0.15, -0.1) is 0 Å². The number of hydrogen-bond donors (Lipinski definition) is 2. The van der Waals surface area contributed by atoms with Crippen molar-refractivity contribution in [1.29, 1.82) is 0 Å². The fourth-order valence-corrected chi connectivity index (χ4v) is 2.78. The minimum absolute atomic E-state index is 0.131. The number of benzene rings is 2. The van der Waals surface area contributed by atoms with Gasteiger partial charge in [0.1, 0.15) is 17.2 Å². The molecule has 0 aliphatic carbocycles. The van der Waals surface area contributed by atoms with Gasteiger partial charge in [0, 0.05) is 5.56 Å². The fourth-order valence-electron chi connectivity index (χ4n) is 2.78. The van der Waals surface area contributed by atoms with Crippen molar-refractivity contribution in [3.63, 3.8) is 0 Å². The van der Waals surface area contributed by atoms with Crippen molar-refractivity contribution in [3.05, 3.63) is 57.9 Å². The van der Waals surface area contributed by atoms with E-state index >= 15 is 0 Å². The van der Waals surface area contributed by atoms with Gasteiger partial charge in [0.25, 0.3) is 0 Å². The Bertz CT molecular complexity index is 1020. The first kappa shape index (κ1) is 16.6. The van der Waals surface area contributed by atoms with Gasteiger partial charge in [-0.2, -0.15) is 0 Å². The SMILES string of the molecule is COc1ccc(-c2cc(OC)c3[nH]c(C(=O)O)c(C)c(=O)c3c2)cc1. The van der Waals surface area contributed by atoms with Crippen LogP contribution in [0, 0.1) is 6.92 Å². The predicted octanol–water partition coefficient (Wildman–Crippen LogP) is 3.22. The zero-order valence-electron chi connectivity index (χ0n) is 14.0. The number of aromatic amines is 1. The number of carbonyl (C=O) groups is 1. The third-order valence-electron chi connectivity index (χ3n) is 4.17. The lowest BCUT2D eigenvalue weighted by Gasteiger charge is -2.12. The Morgan fingerprint density at radius 3 is 2.28 bits per heavy atom. The van der Waals surface area contributed by atoms with Crippen LogP contribution in [0.15, 0.2) is 41.2 Å². The largest absolute Gasteiger partial charge is 0.497 e. The average molecular weight is 339 g/mol. The van der Waals surface area contributed by atoms with Gasteiger partial charge in [-0.05, 0) is 42.3 Å². The number of H-pyrrole nitrogens is 1. The summed E-state index contributed by atoms with van der Waals surface area (Å²) >= 11 is 0. The van der Waals surface area contributed by atoms with Gasteiger partial charge in [0.15, 0.2) is 5.43 Å². The van der Waals surface area contributed by atoms with Crippen LogP contribution in [0.5, 0.6) is 11.5 Å². The summed E-state index contributed by atoms with van der Waals surface area (Å²) in [7, 11) is 3.07. The summed E-state index contributed by atoms with van der Waals surface area (Å²) in [6.45, 7) is 1.49. The lowest BCUT2D eigenvalue weighted by atomic mass is 10.0. The van der Waals surface area contributed by atoms with Gasteiger partial charge in [-0.3, -0.25) is 4.79 Å². The molecule has 0 spiro atoms. The molecule has 0 radical (unpaired) electrons. The van der Waals surface area contributed by atoms with Crippen molar-refractivity contribution in [2.75, 3.05) is 14.2 Å². The van der Waals surface area contributed by atoms with Crippen LogP contribution in [-0.4, -0.2) is 30.3 Å². The maximum Gasteiger partial charge on any atom is 0.352 e. The van der Waals surface area contributed by atoms with E-state index in [2.05, 4.69) is 4.98 Å². The second kappa shape index (κ2) is 6.32. The van der Waals surface area contributed by atoms with E-state index in [9.17, 15) is 14.7 Å². The average Bonchev–Trinajstić information content (AvgIpc) is 2.63. The zero-order chi connectivity index (χ0) is 18.1. The van der Waals surface area contributed by atoms with Crippen LogP contribution < -0.4 is 14.9 Å². The zero-order valence-corrected chi connectivity index (χ0v) is 14.0. The van der Waals surface area contributed by atoms with E-state index in [-0.39, 0.29) is 16.7 Å². The standard InChI is InChI=1S/C19H17NO5/c1-10-16(19(22)23)20-17-14(18(10)21)8-12(9-15(17)25-3)11-4-6-13(24-2)7-5-11/h4-9H,1-3H3,(H,20,21)(H,22,23). The molecule has 0 amide bonds. The summed E-state index contributed by atoms with van der Waals surface area (Å²) in [6, 6.07) is 10.9. The summed E-state index contributed by atoms with van der Waals surface area (Å²) in [4.78, 5) is 26.8. The molecular formula is C19H17NO5. The van der Waals surface area contributed by atoms with Crippen LogP contribution in [0.4, 0.5) is 0 Å². The lowest BCUT2D eigenvalue weighted by molar-refractivity contribution is 0.0690. The number of fused-ring (bicyclic) bond motifs is 1. The van der Waals surface area contributed by atoms with Crippen molar-refractivity contribution < 1.29 is 19.4 Å². The van der Waals surface area contributed by atoms with Gasteiger partial charge in [-0.1, -0.05) is 12.1 Å². The number of hydrogen-bond acceptors (Lipinski definition) is 4. The number of ether oxygens (including phenoxy) is 2. The molecule has 2 N–H and O–H groups in total. The second-order valence-electron chi connectivity index (χ2n) is 5.59. The number of aromatic nitrogens is 1. The van der Waals surface area contributed by atoms with E-state index in [1.54, 1.807) is 19.2 Å². The van der Waals surface area contributed by atoms with Crippen LogP contribution in [0.3, 0.4) is 0 Å². The minimum atomic E-state index is -1.18. The van der Waals surface area contributed by atoms with Crippen LogP contribution in [0.25, 0.3) is 22.0 Å². The molecule has 1 heterocycles. The third kappa shape index (κ3) is 2.82. The number of carboxylic acid groups (broad SMARTS) is 1. The summed E-state index contributed by atoms with van der Waals surface area (Å²) in [6.07, 6.45) is 0. The molecule has 25 heavy (non-hydrogen) atoms. The first-order valence-electron chi connectivity index (χ1n) is 7.58. The van der Waals surface area contributed by atoms with E-state index < -0.39 is 5.97 Å². The quantitative estimate of drug-likeness (QED) is 0.762. The number of aromatic carboxylic acids is 1. The highest BCUT2D eigenvalue weighted by Gasteiger charge is 2.17. The van der Waals surface area contributed by atoms with Crippen LogP contribution in [0.1, 0.15) is 16.1 Å². The summed E-state index contributed by atoms with van der Waals surface area (Å²) in [5.41, 5.74) is 1.75. The highest BCUT2D eigenvalue weighted by atomic mass is 16.5. The highest BCUT2D eigenvalue weighted by molar-refractivity contribution is 5.95. The number of carboxylic acids is 1. The van der Waals surface area contributed by atoms with Gasteiger partial charge >= 0.3 is 5.97 Å². The van der Waals surface area contributed by atoms with E-state index in [1.165, 1.54) is 14.0 Å². The molecule has 3 aromatic rings. The maximum absolute atomic E-state index is 12.6. The molecule has 6 nitrogen and oxygen atoms in total. The lowest BCUT2D eigenvalue weighted by Crippen LogP contribution is -2.15. The Labute approximate surface area is 143 Å². The fraction of sp³-hybridized carbons (Fsp3) is 0.158. The van der Waals surface area contributed by atoms with Crippen LogP contribution in [0.2, 0.25) is 0 Å². The summed E-state index contributed by atoms with van der Waals surface area (Å²) in [5.74, 6) is -0.0444. The molecule has 0 saturated carbocycles. The van der Waals surface area contributed by atoms with E-state index in [1.807, 2.05) is 24.3 Å². The predicted molar refractivity (Wildman–Crippen MR) is 94.8 cm³/mol. The molecule has 6 heteroatoms. The van der Waals surface area contributed by atoms with E-state index in [4.69, 9.17) is 9.47 Å². The van der Waals surface area contributed by atoms with Crippen molar-refractivity contribution in [1.82, 2.24) is 4.98 Å². The Morgan fingerprint density at radius 1 is 1.04 bits per heavy atom. The summed E-state index contributed by atoms with van der Waals surface area (Å²) < 4.78 is 10.5. The van der Waals surface area contributed by atoms with Crippen LogP contribution >= 0.6 is 0 Å². The number of pyridine rings is 1. The van der Waals surface area contributed by atoms with Gasteiger partial charge in [-0.25, -0.2) is 4.79 Å². The molecule has 1 aromatic heterocycles. The van der Waals surface area contributed by atoms with E-state index in [0.29, 0.717) is 16.7 Å². The Kier molecular flexibility index (Phi) is 4.19. The Balaban J connectivity index is 2.30. The van der Waals surface area contributed by atoms with Crippen molar-refractivity contribution in [2.45, 2.75) is 6.92 Å².